The molecule has 1 nitrogen and oxygen atoms in total. The van der Waals surface area contributed by atoms with E-state index >= 15 is 0 Å². The van der Waals surface area contributed by atoms with E-state index in [9.17, 15) is 4.39 Å². The van der Waals surface area contributed by atoms with Gasteiger partial charge in [-0.3, -0.25) is 0 Å². The quantitative estimate of drug-likeness (QED) is 0.608. The van der Waals surface area contributed by atoms with Gasteiger partial charge < -0.3 is 0 Å². The third-order valence-corrected chi connectivity index (χ3v) is 1.29. The Morgan fingerprint density at radius 3 is 2.42 bits per heavy atom. The maximum absolute atomic E-state index is 12.5. The van der Waals surface area contributed by atoms with Crippen molar-refractivity contribution in [2.45, 2.75) is 13.8 Å². The van der Waals surface area contributed by atoms with E-state index in [0.717, 1.165) is 6.07 Å². The number of hydrogen-bond donors (Lipinski definition) is 0. The summed E-state index contributed by atoms with van der Waals surface area (Å²) in [5, 5.41) is 8.58. The fourth-order valence-corrected chi connectivity index (χ4v) is 0.739. The fraction of sp³-hybridized carbons (Fsp3) is 0.222. The fourth-order valence-electron chi connectivity index (χ4n) is 0.580. The molecule has 0 saturated heterocycles. The number of nitriles is 1. The molecule has 0 atom stereocenters. The van der Waals surface area contributed by atoms with Crippen molar-refractivity contribution in [3.05, 3.63) is 34.6 Å². The van der Waals surface area contributed by atoms with E-state index in [4.69, 9.17) is 16.9 Å². The Morgan fingerprint density at radius 1 is 1.42 bits per heavy atom. The van der Waals surface area contributed by atoms with Gasteiger partial charge in [0.2, 0.25) is 0 Å². The molecular formula is C9H9ClFN. The highest BCUT2D eigenvalue weighted by Crippen LogP contribution is 2.12. The monoisotopic (exact) mass is 185 g/mol. The molecule has 0 aliphatic rings. The first-order valence-electron chi connectivity index (χ1n) is 3.59. The maximum Gasteiger partial charge on any atom is 0.142 e. The van der Waals surface area contributed by atoms with E-state index in [1.807, 2.05) is 13.8 Å². The topological polar surface area (TPSA) is 23.8 Å². The summed E-state index contributed by atoms with van der Waals surface area (Å²) in [5.41, 5.74) is 0.0180. The van der Waals surface area contributed by atoms with E-state index < -0.39 is 5.82 Å². The Bertz CT molecular complexity index is 291. The van der Waals surface area contributed by atoms with Crippen molar-refractivity contribution in [2.75, 3.05) is 0 Å². The lowest BCUT2D eigenvalue weighted by molar-refractivity contribution is 0.624. The van der Waals surface area contributed by atoms with Crippen molar-refractivity contribution in [3.8, 4) is 6.07 Å². The van der Waals surface area contributed by atoms with Crippen molar-refractivity contribution in [3.63, 3.8) is 0 Å². The van der Waals surface area contributed by atoms with Crippen molar-refractivity contribution in [1.82, 2.24) is 0 Å². The van der Waals surface area contributed by atoms with Gasteiger partial charge in [0.05, 0.1) is 5.56 Å². The molecule has 12 heavy (non-hydrogen) atoms. The number of nitrogens with zero attached hydrogens (tertiary/aromatic N) is 1. The average molecular weight is 186 g/mol. The molecule has 1 rings (SSSR count). The molecule has 0 amide bonds. The molecule has 0 aromatic heterocycles. The van der Waals surface area contributed by atoms with Gasteiger partial charge >= 0.3 is 0 Å². The van der Waals surface area contributed by atoms with E-state index in [1.165, 1.54) is 12.1 Å². The van der Waals surface area contributed by atoms with Crippen LogP contribution in [0, 0.1) is 17.1 Å². The van der Waals surface area contributed by atoms with Crippen LogP contribution in [0.5, 0.6) is 0 Å². The number of hydrogen-bond acceptors (Lipinski definition) is 1. The molecule has 0 spiro atoms. The summed E-state index contributed by atoms with van der Waals surface area (Å²) in [7, 11) is 0. The lowest BCUT2D eigenvalue weighted by Crippen LogP contribution is -1.80. The van der Waals surface area contributed by atoms with Crippen LogP contribution in [-0.2, 0) is 0 Å². The van der Waals surface area contributed by atoms with Crippen LogP contribution in [0.3, 0.4) is 0 Å². The zero-order valence-electron chi connectivity index (χ0n) is 6.94. The molecule has 1 aromatic carbocycles. The molecule has 3 heteroatoms. The van der Waals surface area contributed by atoms with Crippen LogP contribution in [0.25, 0.3) is 0 Å². The Labute approximate surface area is 76.4 Å². The van der Waals surface area contributed by atoms with Crippen LogP contribution >= 0.6 is 11.6 Å². The molecule has 0 saturated carbocycles. The summed E-state index contributed by atoms with van der Waals surface area (Å²) in [6, 6.07) is 5.62. The number of rotatable bonds is 0. The van der Waals surface area contributed by atoms with Crippen LogP contribution < -0.4 is 0 Å². The SMILES string of the molecule is CC.N#Cc1ccc(Cl)cc1F. The summed E-state index contributed by atoms with van der Waals surface area (Å²) in [5.74, 6) is -0.574. The van der Waals surface area contributed by atoms with E-state index in [-0.39, 0.29) is 5.56 Å². The Hall–Kier alpha value is -1.07. The summed E-state index contributed by atoms with van der Waals surface area (Å²) < 4.78 is 12.5. The zero-order chi connectivity index (χ0) is 9.56. The van der Waals surface area contributed by atoms with Gasteiger partial charge in [-0.25, -0.2) is 4.39 Å². The van der Waals surface area contributed by atoms with Crippen LogP contribution in [-0.4, -0.2) is 0 Å². The Kier molecular flexibility index (Phi) is 5.07. The van der Waals surface area contributed by atoms with Crippen LogP contribution in [0.4, 0.5) is 4.39 Å². The molecule has 0 radical (unpaired) electrons. The standard InChI is InChI=1S/C7H3ClFN.C2H6/c8-6-2-1-5(4-10)7(9)3-6;1-2/h1-3H;1-2H3. The van der Waals surface area contributed by atoms with Gasteiger partial charge in [-0.15, -0.1) is 0 Å². The molecule has 0 heterocycles. The predicted octanol–water partition coefficient (Wildman–Crippen LogP) is 3.38. The molecule has 1 aromatic rings. The minimum Gasteiger partial charge on any atom is -0.205 e. The lowest BCUT2D eigenvalue weighted by atomic mass is 10.2. The Balaban J connectivity index is 0.000000561. The molecule has 0 fully saturated rings. The van der Waals surface area contributed by atoms with Crippen molar-refractivity contribution in [1.29, 1.82) is 5.26 Å². The van der Waals surface area contributed by atoms with Crippen LogP contribution in [0.15, 0.2) is 18.2 Å². The van der Waals surface area contributed by atoms with Crippen LogP contribution in [0.1, 0.15) is 19.4 Å². The lowest BCUT2D eigenvalue weighted by Gasteiger charge is -1.91. The zero-order valence-corrected chi connectivity index (χ0v) is 7.69. The first-order chi connectivity index (χ1) is 5.74. The van der Waals surface area contributed by atoms with Gasteiger partial charge in [0.25, 0.3) is 0 Å². The van der Waals surface area contributed by atoms with Gasteiger partial charge in [0, 0.05) is 5.02 Å². The minimum atomic E-state index is -0.574. The van der Waals surface area contributed by atoms with Crippen molar-refractivity contribution >= 4 is 11.6 Å². The summed E-state index contributed by atoms with van der Waals surface area (Å²) in [6.07, 6.45) is 0. The molecule has 0 aliphatic heterocycles. The molecule has 0 unspecified atom stereocenters. The van der Waals surface area contributed by atoms with Crippen molar-refractivity contribution < 1.29 is 4.39 Å². The largest absolute Gasteiger partial charge is 0.205 e. The molecule has 0 bridgehead atoms. The van der Waals surface area contributed by atoms with E-state index in [0.29, 0.717) is 5.02 Å². The molecule has 0 N–H and O–H groups in total. The highest BCUT2D eigenvalue weighted by molar-refractivity contribution is 6.30. The highest BCUT2D eigenvalue weighted by atomic mass is 35.5. The molecule has 0 aliphatic carbocycles. The maximum atomic E-state index is 12.5. The average Bonchev–Trinajstić information content (AvgIpc) is 2.08. The van der Waals surface area contributed by atoms with Gasteiger partial charge in [0.1, 0.15) is 11.9 Å². The Morgan fingerprint density at radius 2 is 2.00 bits per heavy atom. The van der Waals surface area contributed by atoms with Gasteiger partial charge in [-0.1, -0.05) is 25.4 Å². The second kappa shape index (κ2) is 5.56. The van der Waals surface area contributed by atoms with Gasteiger partial charge in [-0.05, 0) is 18.2 Å². The van der Waals surface area contributed by atoms with Gasteiger partial charge in [-0.2, -0.15) is 5.26 Å². The molecular weight excluding hydrogens is 177 g/mol. The summed E-state index contributed by atoms with van der Waals surface area (Å²) in [4.78, 5) is 0. The van der Waals surface area contributed by atoms with E-state index in [2.05, 4.69) is 0 Å². The second-order valence-corrected chi connectivity index (χ2v) is 2.17. The number of benzene rings is 1. The third kappa shape index (κ3) is 2.89. The second-order valence-electron chi connectivity index (χ2n) is 1.74. The highest BCUT2D eigenvalue weighted by Gasteiger charge is 1.99. The molecule has 64 valence electrons. The van der Waals surface area contributed by atoms with Gasteiger partial charge in [0.15, 0.2) is 0 Å². The normalized spacial score (nSPS) is 7.92. The van der Waals surface area contributed by atoms with Crippen LogP contribution in [0.2, 0.25) is 5.02 Å². The smallest absolute Gasteiger partial charge is 0.142 e. The first-order valence-corrected chi connectivity index (χ1v) is 3.97. The minimum absolute atomic E-state index is 0.0180. The first kappa shape index (κ1) is 10.9. The third-order valence-electron chi connectivity index (χ3n) is 1.05. The predicted molar refractivity (Wildman–Crippen MR) is 47.5 cm³/mol. The summed E-state index contributed by atoms with van der Waals surface area (Å²) >= 11 is 5.42. The summed E-state index contributed by atoms with van der Waals surface area (Å²) in [6.45, 7) is 4.00. The number of halogens is 2. The van der Waals surface area contributed by atoms with E-state index in [1.54, 1.807) is 6.07 Å². The van der Waals surface area contributed by atoms with Crippen molar-refractivity contribution in [2.24, 2.45) is 0 Å².